The van der Waals surface area contributed by atoms with Gasteiger partial charge < -0.3 is 0 Å². The molecular formula is C14H9BF6. The second-order valence-electron chi connectivity index (χ2n) is 4.49. The van der Waals surface area contributed by atoms with E-state index in [0.29, 0.717) is 0 Å². The molecule has 0 aliphatic heterocycles. The largest absolute Gasteiger partial charge is 0.415 e. The Labute approximate surface area is 117 Å². The van der Waals surface area contributed by atoms with E-state index < -0.39 is 30.8 Å². The van der Waals surface area contributed by atoms with Crippen molar-refractivity contribution in [3.05, 3.63) is 59.7 Å². The van der Waals surface area contributed by atoms with Gasteiger partial charge in [-0.15, -0.1) is 0 Å². The van der Waals surface area contributed by atoms with Gasteiger partial charge in [0.05, 0.1) is 11.1 Å². The molecule has 0 bridgehead atoms. The molecule has 0 fully saturated rings. The van der Waals surface area contributed by atoms with E-state index in [4.69, 9.17) is 0 Å². The normalized spacial score (nSPS) is 12.3. The van der Waals surface area contributed by atoms with Crippen molar-refractivity contribution in [2.45, 2.75) is 12.4 Å². The minimum atomic E-state index is -4.59. The third-order valence-electron chi connectivity index (χ3n) is 3.03. The SMILES string of the molecule is FC(F)(F)c1ccccc1Bc1ccccc1C(F)(F)F. The summed E-state index contributed by atoms with van der Waals surface area (Å²) in [4.78, 5) is 0. The standard InChI is InChI=1S/C14H9BF6/c16-13(17,18)9-5-1-3-7-11(9)15-12-8-4-2-6-10(12)14(19,20)21/h1-8,15H. The lowest BCUT2D eigenvalue weighted by molar-refractivity contribution is -0.137. The van der Waals surface area contributed by atoms with Crippen LogP contribution in [0.3, 0.4) is 0 Å². The Morgan fingerprint density at radius 1 is 0.571 bits per heavy atom. The van der Waals surface area contributed by atoms with Crippen LogP contribution in [0.1, 0.15) is 11.1 Å². The number of benzene rings is 2. The van der Waals surface area contributed by atoms with Gasteiger partial charge in [-0.05, 0) is 0 Å². The van der Waals surface area contributed by atoms with Crippen LogP contribution in [0.25, 0.3) is 0 Å². The highest BCUT2D eigenvalue weighted by Gasteiger charge is 2.35. The highest BCUT2D eigenvalue weighted by molar-refractivity contribution is 6.68. The fourth-order valence-corrected chi connectivity index (χ4v) is 2.11. The number of hydrogen-bond acceptors (Lipinski definition) is 0. The molecule has 0 radical (unpaired) electrons. The van der Waals surface area contributed by atoms with E-state index in [0.717, 1.165) is 12.1 Å². The van der Waals surface area contributed by atoms with Crippen LogP contribution < -0.4 is 10.9 Å². The summed E-state index contributed by atoms with van der Waals surface area (Å²) in [5.74, 6) is 0. The Kier molecular flexibility index (Phi) is 4.03. The predicted molar refractivity (Wildman–Crippen MR) is 69.3 cm³/mol. The summed E-state index contributed by atoms with van der Waals surface area (Å²) in [5, 5.41) is 0. The molecule has 0 amide bonds. The Morgan fingerprint density at radius 2 is 0.905 bits per heavy atom. The molecule has 2 aromatic carbocycles. The van der Waals surface area contributed by atoms with E-state index in [1.54, 1.807) is 0 Å². The van der Waals surface area contributed by atoms with E-state index in [9.17, 15) is 26.3 Å². The molecule has 0 spiro atoms. The van der Waals surface area contributed by atoms with Crippen LogP contribution in [0.2, 0.25) is 0 Å². The number of hydrogen-bond donors (Lipinski definition) is 0. The molecule has 21 heavy (non-hydrogen) atoms. The molecular weight excluding hydrogens is 293 g/mol. The summed E-state index contributed by atoms with van der Waals surface area (Å²) in [5.41, 5.74) is -2.19. The first kappa shape index (κ1) is 15.5. The van der Waals surface area contributed by atoms with Gasteiger partial charge in [0.25, 0.3) is 0 Å². The minimum Gasteiger partial charge on any atom is -0.166 e. The van der Waals surface area contributed by atoms with Crippen molar-refractivity contribution in [2.24, 2.45) is 0 Å². The topological polar surface area (TPSA) is 0 Å². The molecule has 0 aromatic heterocycles. The first-order valence-corrected chi connectivity index (χ1v) is 6.00. The molecule has 7 heteroatoms. The lowest BCUT2D eigenvalue weighted by Gasteiger charge is -2.15. The van der Waals surface area contributed by atoms with Crippen molar-refractivity contribution < 1.29 is 26.3 Å². The summed E-state index contributed by atoms with van der Waals surface area (Å²) in [6.45, 7) is 0. The van der Waals surface area contributed by atoms with Gasteiger partial charge in [0.1, 0.15) is 0 Å². The van der Waals surface area contributed by atoms with E-state index >= 15 is 0 Å². The monoisotopic (exact) mass is 302 g/mol. The quantitative estimate of drug-likeness (QED) is 0.591. The molecule has 0 saturated heterocycles. The van der Waals surface area contributed by atoms with Crippen molar-refractivity contribution in [3.63, 3.8) is 0 Å². The Morgan fingerprint density at radius 3 is 1.24 bits per heavy atom. The Bertz CT molecular complexity index is 574. The van der Waals surface area contributed by atoms with Gasteiger partial charge in [-0.3, -0.25) is 0 Å². The third-order valence-corrected chi connectivity index (χ3v) is 3.03. The molecule has 0 aliphatic carbocycles. The van der Waals surface area contributed by atoms with Crippen molar-refractivity contribution >= 4 is 18.2 Å². The summed E-state index contributed by atoms with van der Waals surface area (Å²) in [7, 11) is -0.425. The summed E-state index contributed by atoms with van der Waals surface area (Å²) in [6, 6.07) is 9.29. The molecule has 0 N–H and O–H groups in total. The van der Waals surface area contributed by atoms with E-state index in [2.05, 4.69) is 0 Å². The highest BCUT2D eigenvalue weighted by Crippen LogP contribution is 2.29. The smallest absolute Gasteiger partial charge is 0.166 e. The van der Waals surface area contributed by atoms with Crippen LogP contribution in [0.5, 0.6) is 0 Å². The fourth-order valence-electron chi connectivity index (χ4n) is 2.11. The molecule has 0 heterocycles. The average molecular weight is 302 g/mol. The molecule has 0 nitrogen and oxygen atoms in total. The zero-order valence-corrected chi connectivity index (χ0v) is 10.6. The molecule has 0 atom stereocenters. The van der Waals surface area contributed by atoms with E-state index in [1.807, 2.05) is 0 Å². The second-order valence-corrected chi connectivity index (χ2v) is 4.49. The molecule has 110 valence electrons. The first-order chi connectivity index (χ1) is 9.69. The third kappa shape index (κ3) is 3.59. The maximum Gasteiger partial charge on any atom is 0.415 e. The van der Waals surface area contributed by atoms with Crippen LogP contribution in [0, 0.1) is 0 Å². The first-order valence-electron chi connectivity index (χ1n) is 6.00. The van der Waals surface area contributed by atoms with Gasteiger partial charge in [-0.25, -0.2) is 0 Å². The zero-order chi connectivity index (χ0) is 15.7. The number of alkyl halides is 6. The average Bonchev–Trinajstić information content (AvgIpc) is 2.37. The van der Waals surface area contributed by atoms with Crippen molar-refractivity contribution in [2.75, 3.05) is 0 Å². The van der Waals surface area contributed by atoms with Crippen LogP contribution in [-0.4, -0.2) is 7.28 Å². The second kappa shape index (κ2) is 5.46. The minimum absolute atomic E-state index is 0.179. The van der Waals surface area contributed by atoms with Crippen LogP contribution in [0.4, 0.5) is 26.3 Å². The maximum atomic E-state index is 12.9. The Hall–Kier alpha value is -1.92. The van der Waals surface area contributed by atoms with Crippen LogP contribution in [-0.2, 0) is 12.4 Å². The van der Waals surface area contributed by atoms with Gasteiger partial charge >= 0.3 is 12.4 Å². The van der Waals surface area contributed by atoms with Gasteiger partial charge in [0.15, 0.2) is 7.28 Å². The van der Waals surface area contributed by atoms with E-state index in [1.165, 1.54) is 36.4 Å². The highest BCUT2D eigenvalue weighted by atomic mass is 19.4. The van der Waals surface area contributed by atoms with Crippen molar-refractivity contribution in [1.29, 1.82) is 0 Å². The molecule has 0 saturated carbocycles. The lowest BCUT2D eigenvalue weighted by atomic mass is 9.61. The molecule has 2 rings (SSSR count). The van der Waals surface area contributed by atoms with Crippen molar-refractivity contribution in [3.8, 4) is 0 Å². The van der Waals surface area contributed by atoms with Gasteiger partial charge in [0, 0.05) is 0 Å². The van der Waals surface area contributed by atoms with E-state index in [-0.39, 0.29) is 10.9 Å². The summed E-state index contributed by atoms with van der Waals surface area (Å²) in [6.07, 6.45) is -9.19. The van der Waals surface area contributed by atoms with Crippen molar-refractivity contribution in [1.82, 2.24) is 0 Å². The number of halogens is 6. The Balaban J connectivity index is 2.45. The lowest BCUT2D eigenvalue weighted by Crippen LogP contribution is -2.36. The molecule has 0 aliphatic rings. The van der Waals surface area contributed by atoms with Crippen LogP contribution >= 0.6 is 0 Å². The van der Waals surface area contributed by atoms with Gasteiger partial charge in [0.2, 0.25) is 0 Å². The summed E-state index contributed by atoms with van der Waals surface area (Å²) >= 11 is 0. The zero-order valence-electron chi connectivity index (χ0n) is 10.6. The number of rotatable bonds is 2. The van der Waals surface area contributed by atoms with Crippen LogP contribution in [0.15, 0.2) is 48.5 Å². The maximum absolute atomic E-state index is 12.9. The fraction of sp³-hybridized carbons (Fsp3) is 0.143. The molecule has 2 aromatic rings. The predicted octanol–water partition coefficient (Wildman–Crippen LogP) is 3.11. The van der Waals surface area contributed by atoms with Gasteiger partial charge in [-0.2, -0.15) is 26.3 Å². The molecule has 0 unspecified atom stereocenters. The van der Waals surface area contributed by atoms with Gasteiger partial charge in [-0.1, -0.05) is 59.5 Å². The summed E-state index contributed by atoms with van der Waals surface area (Å²) < 4.78 is 77.2.